The molecule has 0 radical (unpaired) electrons. The molecule has 1 aromatic carbocycles. The number of aryl methyl sites for hydroxylation is 1. The van der Waals surface area contributed by atoms with Gasteiger partial charge in [0.15, 0.2) is 5.82 Å². The number of hydrogen-bond donors (Lipinski definition) is 2. The van der Waals surface area contributed by atoms with Gasteiger partial charge >= 0.3 is 6.18 Å². The Morgan fingerprint density at radius 1 is 1.27 bits per heavy atom. The molecule has 2 N–H and O–H groups in total. The lowest BCUT2D eigenvalue weighted by molar-refractivity contribution is -0.137. The summed E-state index contributed by atoms with van der Waals surface area (Å²) in [6.45, 7) is 1.68. The van der Waals surface area contributed by atoms with Crippen molar-refractivity contribution >= 4 is 17.4 Å². The molecule has 0 atom stereocenters. The van der Waals surface area contributed by atoms with Gasteiger partial charge in [-0.1, -0.05) is 6.07 Å². The van der Waals surface area contributed by atoms with Crippen LogP contribution in [0, 0.1) is 6.92 Å². The molecule has 2 aromatic rings. The van der Waals surface area contributed by atoms with Crippen LogP contribution in [0.15, 0.2) is 30.5 Å². The van der Waals surface area contributed by atoms with Crippen molar-refractivity contribution in [3.05, 3.63) is 47.4 Å². The number of halogens is 3. The lowest BCUT2D eigenvalue weighted by Gasteiger charge is -2.11. The van der Waals surface area contributed by atoms with Crippen molar-refractivity contribution in [2.45, 2.75) is 13.1 Å². The van der Waals surface area contributed by atoms with E-state index in [0.29, 0.717) is 11.6 Å². The Morgan fingerprint density at radius 2 is 2.00 bits per heavy atom. The first kappa shape index (κ1) is 15.7. The van der Waals surface area contributed by atoms with E-state index in [2.05, 4.69) is 20.6 Å². The van der Waals surface area contributed by atoms with Crippen LogP contribution in [-0.2, 0) is 6.18 Å². The summed E-state index contributed by atoms with van der Waals surface area (Å²) in [5, 5.41) is 5.27. The molecular weight excluding hydrogens is 297 g/mol. The quantitative estimate of drug-likeness (QED) is 0.914. The Bertz CT molecular complexity index is 701. The molecule has 1 amide bonds. The van der Waals surface area contributed by atoms with Crippen LogP contribution < -0.4 is 10.6 Å². The molecular formula is C14H13F3N4O. The van der Waals surface area contributed by atoms with E-state index in [1.54, 1.807) is 14.0 Å². The highest BCUT2D eigenvalue weighted by Crippen LogP contribution is 2.29. The smallest absolute Gasteiger partial charge is 0.371 e. The van der Waals surface area contributed by atoms with Crippen molar-refractivity contribution < 1.29 is 18.0 Å². The number of anilines is 2. The van der Waals surface area contributed by atoms with Crippen molar-refractivity contribution in [3.8, 4) is 0 Å². The Hall–Kier alpha value is -2.64. The molecule has 0 aliphatic rings. The predicted molar refractivity (Wildman–Crippen MR) is 75.7 cm³/mol. The second-order valence-corrected chi connectivity index (χ2v) is 4.46. The Labute approximate surface area is 124 Å². The maximum atomic E-state index is 12.7. The van der Waals surface area contributed by atoms with Gasteiger partial charge in [0.2, 0.25) is 0 Å². The minimum atomic E-state index is -4.50. The molecule has 0 spiro atoms. The van der Waals surface area contributed by atoms with Gasteiger partial charge < -0.3 is 10.6 Å². The van der Waals surface area contributed by atoms with E-state index in [1.165, 1.54) is 18.3 Å². The summed E-state index contributed by atoms with van der Waals surface area (Å²) in [5.41, 5.74) is -0.692. The zero-order chi connectivity index (χ0) is 16.3. The second kappa shape index (κ2) is 6.00. The van der Waals surface area contributed by atoms with Crippen LogP contribution in [0.25, 0.3) is 0 Å². The van der Waals surface area contributed by atoms with Gasteiger partial charge in [0, 0.05) is 12.6 Å². The van der Waals surface area contributed by atoms with Crippen LogP contribution in [0.4, 0.5) is 24.7 Å². The fourth-order valence-corrected chi connectivity index (χ4v) is 1.78. The summed E-state index contributed by atoms with van der Waals surface area (Å²) in [5.74, 6) is 0.212. The molecule has 1 aromatic heterocycles. The van der Waals surface area contributed by atoms with E-state index in [1.807, 2.05) is 0 Å². The average Bonchev–Trinajstić information content (AvgIpc) is 2.48. The van der Waals surface area contributed by atoms with Gasteiger partial charge in [-0.2, -0.15) is 13.2 Å². The second-order valence-electron chi connectivity index (χ2n) is 4.46. The van der Waals surface area contributed by atoms with E-state index in [9.17, 15) is 18.0 Å². The van der Waals surface area contributed by atoms with Crippen LogP contribution in [0.5, 0.6) is 0 Å². The molecule has 116 valence electrons. The Morgan fingerprint density at radius 3 is 2.64 bits per heavy atom. The summed E-state index contributed by atoms with van der Waals surface area (Å²) < 4.78 is 38.0. The maximum absolute atomic E-state index is 12.7. The lowest BCUT2D eigenvalue weighted by Crippen LogP contribution is -2.15. The van der Waals surface area contributed by atoms with E-state index in [4.69, 9.17) is 0 Å². The molecule has 1 heterocycles. The third kappa shape index (κ3) is 3.51. The Kier molecular flexibility index (Phi) is 4.30. The highest BCUT2D eigenvalue weighted by atomic mass is 19.4. The summed E-state index contributed by atoms with van der Waals surface area (Å²) >= 11 is 0. The maximum Gasteiger partial charge on any atom is 0.416 e. The number of hydrogen-bond acceptors (Lipinski definition) is 4. The molecule has 8 heteroatoms. The third-order valence-electron chi connectivity index (χ3n) is 2.85. The van der Waals surface area contributed by atoms with Crippen LogP contribution in [-0.4, -0.2) is 22.9 Å². The number of nitrogens with zero attached hydrogens (tertiary/aromatic N) is 2. The topological polar surface area (TPSA) is 66.9 Å². The van der Waals surface area contributed by atoms with Crippen LogP contribution >= 0.6 is 0 Å². The van der Waals surface area contributed by atoms with Gasteiger partial charge in [-0.05, 0) is 25.1 Å². The van der Waals surface area contributed by atoms with Crippen LogP contribution in [0.2, 0.25) is 0 Å². The van der Waals surface area contributed by atoms with Crippen molar-refractivity contribution in [3.63, 3.8) is 0 Å². The number of rotatable bonds is 3. The highest BCUT2D eigenvalue weighted by Gasteiger charge is 2.30. The van der Waals surface area contributed by atoms with Crippen molar-refractivity contribution in [2.24, 2.45) is 0 Å². The molecule has 0 aliphatic carbocycles. The number of benzene rings is 1. The standard InChI is InChI=1S/C14H13F3N4O/c1-8-19-7-11(12(18-2)20-8)21-13(22)9-4-3-5-10(6-9)14(15,16)17/h3-7H,1-2H3,(H,21,22)(H,18,19,20). The molecule has 0 fully saturated rings. The summed E-state index contributed by atoms with van der Waals surface area (Å²) in [6.07, 6.45) is -3.11. The van der Waals surface area contributed by atoms with Crippen molar-refractivity contribution in [1.82, 2.24) is 9.97 Å². The number of carbonyl (C=O) groups is 1. The van der Waals surface area contributed by atoms with E-state index in [-0.39, 0.29) is 11.3 Å². The van der Waals surface area contributed by atoms with Gasteiger partial charge in [0.05, 0.1) is 11.8 Å². The number of amides is 1. The monoisotopic (exact) mass is 310 g/mol. The number of alkyl halides is 3. The zero-order valence-corrected chi connectivity index (χ0v) is 11.8. The third-order valence-corrected chi connectivity index (χ3v) is 2.85. The van der Waals surface area contributed by atoms with Gasteiger partial charge in [-0.15, -0.1) is 0 Å². The largest absolute Gasteiger partial charge is 0.416 e. The van der Waals surface area contributed by atoms with Crippen LogP contribution in [0.3, 0.4) is 0 Å². The summed E-state index contributed by atoms with van der Waals surface area (Å²) in [6, 6.07) is 4.19. The number of nitrogens with one attached hydrogen (secondary N) is 2. The Balaban J connectivity index is 2.27. The van der Waals surface area contributed by atoms with E-state index >= 15 is 0 Å². The predicted octanol–water partition coefficient (Wildman–Crippen LogP) is 3.10. The molecule has 0 unspecified atom stereocenters. The SMILES string of the molecule is CNc1nc(C)ncc1NC(=O)c1cccc(C(F)(F)F)c1. The summed E-state index contributed by atoms with van der Waals surface area (Å²) in [7, 11) is 1.61. The van der Waals surface area contributed by atoms with E-state index < -0.39 is 17.6 Å². The molecule has 0 bridgehead atoms. The van der Waals surface area contributed by atoms with Crippen molar-refractivity contribution in [1.29, 1.82) is 0 Å². The zero-order valence-electron chi connectivity index (χ0n) is 11.8. The van der Waals surface area contributed by atoms with Gasteiger partial charge in [-0.3, -0.25) is 4.79 Å². The lowest BCUT2D eigenvalue weighted by atomic mass is 10.1. The van der Waals surface area contributed by atoms with Gasteiger partial charge in [0.1, 0.15) is 11.5 Å². The molecule has 22 heavy (non-hydrogen) atoms. The van der Waals surface area contributed by atoms with Gasteiger partial charge in [0.25, 0.3) is 5.91 Å². The fraction of sp³-hybridized carbons (Fsp3) is 0.214. The molecule has 2 rings (SSSR count). The van der Waals surface area contributed by atoms with E-state index in [0.717, 1.165) is 12.1 Å². The summed E-state index contributed by atoms with van der Waals surface area (Å²) in [4.78, 5) is 20.1. The first-order chi connectivity index (χ1) is 10.3. The molecule has 0 saturated carbocycles. The fourth-order valence-electron chi connectivity index (χ4n) is 1.78. The first-order valence-corrected chi connectivity index (χ1v) is 6.31. The average molecular weight is 310 g/mol. The molecule has 0 aliphatic heterocycles. The van der Waals surface area contributed by atoms with Crippen LogP contribution in [0.1, 0.15) is 21.7 Å². The van der Waals surface area contributed by atoms with Gasteiger partial charge in [-0.25, -0.2) is 9.97 Å². The van der Waals surface area contributed by atoms with Crippen molar-refractivity contribution in [2.75, 3.05) is 17.7 Å². The minimum Gasteiger partial charge on any atom is -0.371 e. The number of carbonyl (C=O) groups excluding carboxylic acids is 1. The normalized spacial score (nSPS) is 11.1. The first-order valence-electron chi connectivity index (χ1n) is 6.31. The molecule has 5 nitrogen and oxygen atoms in total. The number of aromatic nitrogens is 2. The molecule has 0 saturated heterocycles. The minimum absolute atomic E-state index is 0.0996. The highest BCUT2D eigenvalue weighted by molar-refractivity contribution is 6.05.